The highest BCUT2D eigenvalue weighted by Gasteiger charge is 2.16. The van der Waals surface area contributed by atoms with Crippen LogP contribution in [0.15, 0.2) is 0 Å². The molecule has 0 bridgehead atoms. The summed E-state index contributed by atoms with van der Waals surface area (Å²) in [6.45, 7) is 2.99. The van der Waals surface area contributed by atoms with Crippen molar-refractivity contribution in [3.8, 4) is 0 Å². The van der Waals surface area contributed by atoms with Crippen molar-refractivity contribution < 1.29 is 4.74 Å². The Morgan fingerprint density at radius 2 is 2.55 bits per heavy atom. The molecule has 0 spiro atoms. The molecule has 1 saturated heterocycles. The van der Waals surface area contributed by atoms with Crippen molar-refractivity contribution in [3.05, 3.63) is 0 Å². The second kappa shape index (κ2) is 5.01. The van der Waals surface area contributed by atoms with Crippen LogP contribution in [0.4, 0.5) is 0 Å². The smallest absolute Gasteiger partial charge is 0.0613 e. The van der Waals surface area contributed by atoms with Crippen molar-refractivity contribution in [1.29, 1.82) is 0 Å². The molecule has 1 heterocycles. The van der Waals surface area contributed by atoms with Crippen molar-refractivity contribution in [2.45, 2.75) is 25.4 Å². The summed E-state index contributed by atoms with van der Waals surface area (Å²) in [6.07, 6.45) is 1.32. The van der Waals surface area contributed by atoms with E-state index in [0.29, 0.717) is 6.04 Å². The van der Waals surface area contributed by atoms with Gasteiger partial charge in [0.1, 0.15) is 0 Å². The van der Waals surface area contributed by atoms with Gasteiger partial charge in [-0.25, -0.2) is 0 Å². The number of thioether (sulfide) groups is 1. The minimum atomic E-state index is 0.503. The second-order valence-electron chi connectivity index (χ2n) is 3.08. The average Bonchev–Trinajstić information content (AvgIpc) is 2.40. The fraction of sp³-hybridized carbons (Fsp3) is 1.00. The average molecular weight is 175 g/mol. The molecule has 2 atom stereocenters. The van der Waals surface area contributed by atoms with E-state index in [0.717, 1.165) is 12.6 Å². The van der Waals surface area contributed by atoms with Crippen LogP contribution >= 0.6 is 11.8 Å². The van der Waals surface area contributed by atoms with Gasteiger partial charge < -0.3 is 10.1 Å². The van der Waals surface area contributed by atoms with E-state index in [4.69, 9.17) is 4.74 Å². The van der Waals surface area contributed by atoms with E-state index < -0.39 is 0 Å². The van der Waals surface area contributed by atoms with E-state index in [-0.39, 0.29) is 0 Å². The fourth-order valence-electron chi connectivity index (χ4n) is 1.37. The molecule has 1 rings (SSSR count). The Morgan fingerprint density at radius 1 is 1.73 bits per heavy atom. The van der Waals surface area contributed by atoms with Crippen LogP contribution in [0.5, 0.6) is 0 Å². The molecular weight excluding hydrogens is 158 g/mol. The molecular formula is C8H17NOS. The third kappa shape index (κ3) is 3.45. The van der Waals surface area contributed by atoms with Gasteiger partial charge >= 0.3 is 0 Å². The van der Waals surface area contributed by atoms with Crippen molar-refractivity contribution >= 4 is 11.8 Å². The number of ether oxygens (including phenoxy) is 1. The van der Waals surface area contributed by atoms with Crippen molar-refractivity contribution in [2.75, 3.05) is 25.2 Å². The van der Waals surface area contributed by atoms with Gasteiger partial charge in [0.05, 0.1) is 6.61 Å². The third-order valence-corrected chi connectivity index (χ3v) is 3.03. The zero-order valence-corrected chi connectivity index (χ0v) is 8.12. The van der Waals surface area contributed by atoms with E-state index >= 15 is 0 Å². The minimum absolute atomic E-state index is 0.503. The first-order valence-electron chi connectivity index (χ1n) is 4.15. The Hall–Kier alpha value is 0.270. The quantitative estimate of drug-likeness (QED) is 0.692. The first kappa shape index (κ1) is 9.36. The molecule has 1 N–H and O–H groups in total. The Bertz CT molecular complexity index is 104. The molecule has 11 heavy (non-hydrogen) atoms. The maximum absolute atomic E-state index is 5.04. The molecule has 0 amide bonds. The van der Waals surface area contributed by atoms with E-state index in [1.54, 1.807) is 7.11 Å². The van der Waals surface area contributed by atoms with Crippen LogP contribution in [0.3, 0.4) is 0 Å². The number of rotatable bonds is 4. The molecule has 0 unspecified atom stereocenters. The summed E-state index contributed by atoms with van der Waals surface area (Å²) in [5.74, 6) is 2.59. The van der Waals surface area contributed by atoms with E-state index in [1.807, 2.05) is 11.8 Å². The monoisotopic (exact) mass is 175 g/mol. The second-order valence-corrected chi connectivity index (χ2v) is 4.23. The topological polar surface area (TPSA) is 21.3 Å². The fourth-order valence-corrected chi connectivity index (χ4v) is 2.53. The molecule has 1 aliphatic heterocycles. The molecule has 0 aromatic heterocycles. The van der Waals surface area contributed by atoms with Crippen LogP contribution in [0.2, 0.25) is 0 Å². The van der Waals surface area contributed by atoms with Gasteiger partial charge in [0.15, 0.2) is 0 Å². The molecule has 66 valence electrons. The van der Waals surface area contributed by atoms with Crippen molar-refractivity contribution in [1.82, 2.24) is 5.32 Å². The van der Waals surface area contributed by atoms with E-state index in [9.17, 15) is 0 Å². The SMILES string of the molecule is COC[C@H](C)N[C@@H]1CCSC1. The number of nitrogens with one attached hydrogen (secondary N) is 1. The van der Waals surface area contributed by atoms with Gasteiger partial charge in [0, 0.05) is 24.9 Å². The summed E-state index contributed by atoms with van der Waals surface area (Å²) in [7, 11) is 1.75. The predicted molar refractivity (Wildman–Crippen MR) is 50.2 cm³/mol. The van der Waals surface area contributed by atoms with Crippen LogP contribution in [0, 0.1) is 0 Å². The minimum Gasteiger partial charge on any atom is -0.383 e. The number of methoxy groups -OCH3 is 1. The van der Waals surface area contributed by atoms with E-state index in [2.05, 4.69) is 12.2 Å². The zero-order valence-electron chi connectivity index (χ0n) is 7.30. The lowest BCUT2D eigenvalue weighted by atomic mass is 10.2. The summed E-state index contributed by atoms with van der Waals surface area (Å²) in [5, 5.41) is 3.53. The normalized spacial score (nSPS) is 27.3. The molecule has 3 heteroatoms. The Morgan fingerprint density at radius 3 is 3.09 bits per heavy atom. The maximum atomic E-state index is 5.04. The van der Waals surface area contributed by atoms with Crippen LogP contribution in [-0.4, -0.2) is 37.3 Å². The van der Waals surface area contributed by atoms with Gasteiger partial charge in [-0.3, -0.25) is 0 Å². The summed E-state index contributed by atoms with van der Waals surface area (Å²) in [6, 6.07) is 1.23. The van der Waals surface area contributed by atoms with E-state index in [1.165, 1.54) is 17.9 Å². The largest absolute Gasteiger partial charge is 0.383 e. The molecule has 2 nitrogen and oxygen atoms in total. The number of hydrogen-bond acceptors (Lipinski definition) is 3. The lowest BCUT2D eigenvalue weighted by molar-refractivity contribution is 0.168. The Balaban J connectivity index is 2.08. The molecule has 0 aromatic carbocycles. The van der Waals surface area contributed by atoms with Crippen molar-refractivity contribution in [2.24, 2.45) is 0 Å². The zero-order chi connectivity index (χ0) is 8.10. The first-order chi connectivity index (χ1) is 5.33. The standard InChI is InChI=1S/C8H17NOS/c1-7(5-10-2)9-8-3-4-11-6-8/h7-9H,3-6H2,1-2H3/t7-,8+/m0/s1. The molecule has 0 radical (unpaired) electrons. The van der Waals surface area contributed by atoms with Crippen molar-refractivity contribution in [3.63, 3.8) is 0 Å². The van der Waals surface area contributed by atoms with Gasteiger partial charge in [0.2, 0.25) is 0 Å². The van der Waals surface area contributed by atoms with Crippen LogP contribution in [0.1, 0.15) is 13.3 Å². The number of hydrogen-bond donors (Lipinski definition) is 1. The van der Waals surface area contributed by atoms with Crippen LogP contribution in [-0.2, 0) is 4.74 Å². The van der Waals surface area contributed by atoms with Gasteiger partial charge in [-0.05, 0) is 19.1 Å². The molecule has 1 aliphatic rings. The molecule has 0 aromatic rings. The van der Waals surface area contributed by atoms with Gasteiger partial charge in [-0.2, -0.15) is 11.8 Å². The maximum Gasteiger partial charge on any atom is 0.0613 e. The molecule has 0 aliphatic carbocycles. The lowest BCUT2D eigenvalue weighted by Gasteiger charge is -2.17. The predicted octanol–water partition coefficient (Wildman–Crippen LogP) is 1.12. The summed E-state index contributed by atoms with van der Waals surface area (Å²) in [4.78, 5) is 0. The summed E-state index contributed by atoms with van der Waals surface area (Å²) >= 11 is 2.04. The van der Waals surface area contributed by atoms with Gasteiger partial charge in [-0.1, -0.05) is 0 Å². The highest BCUT2D eigenvalue weighted by Crippen LogP contribution is 2.17. The van der Waals surface area contributed by atoms with Gasteiger partial charge in [0.25, 0.3) is 0 Å². The summed E-state index contributed by atoms with van der Waals surface area (Å²) in [5.41, 5.74) is 0. The van der Waals surface area contributed by atoms with Gasteiger partial charge in [-0.15, -0.1) is 0 Å². The Kier molecular flexibility index (Phi) is 4.26. The summed E-state index contributed by atoms with van der Waals surface area (Å²) < 4.78 is 5.04. The highest BCUT2D eigenvalue weighted by atomic mass is 32.2. The molecule has 1 fully saturated rings. The first-order valence-corrected chi connectivity index (χ1v) is 5.31. The van der Waals surface area contributed by atoms with Crippen LogP contribution in [0.25, 0.3) is 0 Å². The lowest BCUT2D eigenvalue weighted by Crippen LogP contribution is -2.38. The van der Waals surface area contributed by atoms with Crippen LogP contribution < -0.4 is 5.32 Å². The Labute approximate surface area is 73.1 Å². The molecule has 0 saturated carbocycles. The third-order valence-electron chi connectivity index (χ3n) is 1.87. The highest BCUT2D eigenvalue weighted by molar-refractivity contribution is 7.99.